The van der Waals surface area contributed by atoms with Gasteiger partial charge in [-0.3, -0.25) is 0 Å². The molecule has 1 aromatic carbocycles. The number of hydrogen-bond acceptors (Lipinski definition) is 4. The van der Waals surface area contributed by atoms with Crippen molar-refractivity contribution in [2.24, 2.45) is 0 Å². The number of rotatable bonds is 3. The van der Waals surface area contributed by atoms with Crippen LogP contribution in [0.4, 0.5) is 5.95 Å². The first kappa shape index (κ1) is 13.9. The lowest BCUT2D eigenvalue weighted by Gasteiger charge is -2.12. The molecule has 0 amide bonds. The van der Waals surface area contributed by atoms with Crippen LogP contribution in [-0.4, -0.2) is 17.0 Å². The molecule has 0 fully saturated rings. The highest BCUT2D eigenvalue weighted by Crippen LogP contribution is 2.33. The Labute approximate surface area is 121 Å². The van der Waals surface area contributed by atoms with E-state index in [9.17, 15) is 0 Å². The molecule has 0 atom stereocenters. The molecule has 2 aromatic rings. The molecule has 0 aliphatic rings. The first-order chi connectivity index (χ1) is 9.01. The molecule has 0 spiro atoms. The van der Waals surface area contributed by atoms with Gasteiger partial charge in [0.25, 0.3) is 0 Å². The summed E-state index contributed by atoms with van der Waals surface area (Å²) in [5.74, 6) is 1.46. The summed E-state index contributed by atoms with van der Waals surface area (Å²) in [5.41, 5.74) is 1.84. The van der Waals surface area contributed by atoms with Crippen molar-refractivity contribution in [2.45, 2.75) is 13.8 Å². The minimum atomic E-state index is 0.314. The van der Waals surface area contributed by atoms with E-state index in [1.165, 1.54) is 6.20 Å². The molecule has 19 heavy (non-hydrogen) atoms. The standard InChI is InChI=1S/C13H13Cl2N3O/c1-7-4-9(14)5-8(2)11(7)19-12-10(15)6-17-13(16-3)18-12/h4-6H,1-3H3,(H,16,17,18). The van der Waals surface area contributed by atoms with E-state index in [0.717, 1.165) is 11.1 Å². The number of anilines is 1. The number of nitrogens with zero attached hydrogens (tertiary/aromatic N) is 2. The lowest BCUT2D eigenvalue weighted by atomic mass is 10.1. The van der Waals surface area contributed by atoms with Crippen LogP contribution in [0.15, 0.2) is 18.3 Å². The van der Waals surface area contributed by atoms with E-state index < -0.39 is 0 Å². The Morgan fingerprint density at radius 1 is 1.16 bits per heavy atom. The topological polar surface area (TPSA) is 47.0 Å². The fourth-order valence-corrected chi connectivity index (χ4v) is 2.16. The average Bonchev–Trinajstić information content (AvgIpc) is 2.35. The molecule has 1 aromatic heterocycles. The van der Waals surface area contributed by atoms with Crippen LogP contribution in [0.3, 0.4) is 0 Å². The predicted octanol–water partition coefficient (Wildman–Crippen LogP) is 4.23. The van der Waals surface area contributed by atoms with Gasteiger partial charge >= 0.3 is 0 Å². The molecule has 0 unspecified atom stereocenters. The Bertz CT molecular complexity index is 594. The molecular formula is C13H13Cl2N3O. The molecule has 4 nitrogen and oxygen atoms in total. The summed E-state index contributed by atoms with van der Waals surface area (Å²) in [6.07, 6.45) is 1.50. The van der Waals surface area contributed by atoms with Gasteiger partial charge in [0.15, 0.2) is 0 Å². The van der Waals surface area contributed by atoms with Gasteiger partial charge in [0.1, 0.15) is 10.8 Å². The highest BCUT2D eigenvalue weighted by molar-refractivity contribution is 6.31. The zero-order valence-electron chi connectivity index (χ0n) is 10.8. The first-order valence-electron chi connectivity index (χ1n) is 5.66. The summed E-state index contributed by atoms with van der Waals surface area (Å²) in [5, 5.41) is 3.86. The second-order valence-electron chi connectivity index (χ2n) is 4.07. The maximum atomic E-state index is 6.04. The number of benzene rings is 1. The van der Waals surface area contributed by atoms with Crippen LogP contribution in [0.5, 0.6) is 11.6 Å². The van der Waals surface area contributed by atoms with Crippen LogP contribution >= 0.6 is 23.2 Å². The normalized spacial score (nSPS) is 10.4. The monoisotopic (exact) mass is 297 g/mol. The van der Waals surface area contributed by atoms with Crippen LogP contribution < -0.4 is 10.1 Å². The van der Waals surface area contributed by atoms with Crippen molar-refractivity contribution in [3.63, 3.8) is 0 Å². The molecular weight excluding hydrogens is 285 g/mol. The maximum absolute atomic E-state index is 6.04. The Morgan fingerprint density at radius 3 is 2.37 bits per heavy atom. The Hall–Kier alpha value is -1.52. The van der Waals surface area contributed by atoms with E-state index in [4.69, 9.17) is 27.9 Å². The molecule has 0 saturated heterocycles. The minimum Gasteiger partial charge on any atom is -0.437 e. The molecule has 6 heteroatoms. The summed E-state index contributed by atoms with van der Waals surface area (Å²) in [6.45, 7) is 3.84. The fourth-order valence-electron chi connectivity index (χ4n) is 1.70. The van der Waals surface area contributed by atoms with Gasteiger partial charge in [-0.2, -0.15) is 4.98 Å². The van der Waals surface area contributed by atoms with Crippen LogP contribution in [0.25, 0.3) is 0 Å². The van der Waals surface area contributed by atoms with Gasteiger partial charge in [-0.05, 0) is 37.1 Å². The summed E-state index contributed by atoms with van der Waals surface area (Å²) in [7, 11) is 1.73. The average molecular weight is 298 g/mol. The van der Waals surface area contributed by atoms with Gasteiger partial charge in [-0.1, -0.05) is 23.2 Å². The zero-order chi connectivity index (χ0) is 14.0. The van der Waals surface area contributed by atoms with Gasteiger partial charge in [-0.25, -0.2) is 4.98 Å². The molecule has 0 aliphatic heterocycles. The van der Waals surface area contributed by atoms with Crippen molar-refractivity contribution >= 4 is 29.2 Å². The third-order valence-electron chi connectivity index (χ3n) is 2.56. The van der Waals surface area contributed by atoms with Gasteiger partial charge < -0.3 is 10.1 Å². The van der Waals surface area contributed by atoms with E-state index in [2.05, 4.69) is 15.3 Å². The molecule has 0 aliphatic carbocycles. The number of hydrogen-bond donors (Lipinski definition) is 1. The van der Waals surface area contributed by atoms with Crippen molar-refractivity contribution in [3.8, 4) is 11.6 Å². The zero-order valence-corrected chi connectivity index (χ0v) is 12.3. The number of ether oxygens (including phenoxy) is 1. The second kappa shape index (κ2) is 5.63. The highest BCUT2D eigenvalue weighted by atomic mass is 35.5. The summed E-state index contributed by atoms with van der Waals surface area (Å²) in [4.78, 5) is 8.18. The van der Waals surface area contributed by atoms with Crippen LogP contribution in [-0.2, 0) is 0 Å². The lowest BCUT2D eigenvalue weighted by molar-refractivity contribution is 0.456. The van der Waals surface area contributed by atoms with Gasteiger partial charge in [-0.15, -0.1) is 0 Å². The molecule has 1 heterocycles. The van der Waals surface area contributed by atoms with E-state index in [1.807, 2.05) is 26.0 Å². The highest BCUT2D eigenvalue weighted by Gasteiger charge is 2.12. The van der Waals surface area contributed by atoms with Gasteiger partial charge in [0.05, 0.1) is 6.20 Å². The van der Waals surface area contributed by atoms with Crippen molar-refractivity contribution < 1.29 is 4.74 Å². The number of halogens is 2. The van der Waals surface area contributed by atoms with Crippen molar-refractivity contribution in [1.29, 1.82) is 0 Å². The number of nitrogens with one attached hydrogen (secondary N) is 1. The van der Waals surface area contributed by atoms with Crippen molar-refractivity contribution in [3.05, 3.63) is 39.5 Å². The molecule has 0 bridgehead atoms. The molecule has 0 saturated carbocycles. The second-order valence-corrected chi connectivity index (χ2v) is 4.91. The smallest absolute Gasteiger partial charge is 0.243 e. The summed E-state index contributed by atoms with van der Waals surface area (Å²) < 4.78 is 5.79. The van der Waals surface area contributed by atoms with E-state index in [0.29, 0.717) is 27.6 Å². The Balaban J connectivity index is 2.41. The fraction of sp³-hybridized carbons (Fsp3) is 0.231. The lowest BCUT2D eigenvalue weighted by Crippen LogP contribution is -1.99. The molecule has 100 valence electrons. The first-order valence-corrected chi connectivity index (χ1v) is 6.41. The summed E-state index contributed by atoms with van der Waals surface area (Å²) in [6, 6.07) is 3.66. The quantitative estimate of drug-likeness (QED) is 0.921. The largest absolute Gasteiger partial charge is 0.437 e. The van der Waals surface area contributed by atoms with Crippen molar-refractivity contribution in [2.75, 3.05) is 12.4 Å². The third-order valence-corrected chi connectivity index (χ3v) is 3.04. The van der Waals surface area contributed by atoms with Gasteiger partial charge in [0, 0.05) is 12.1 Å². The van der Waals surface area contributed by atoms with Crippen LogP contribution in [0, 0.1) is 13.8 Å². The predicted molar refractivity (Wildman–Crippen MR) is 77.6 cm³/mol. The van der Waals surface area contributed by atoms with Crippen LogP contribution in [0.1, 0.15) is 11.1 Å². The summed E-state index contributed by atoms with van der Waals surface area (Å²) >= 11 is 12.0. The van der Waals surface area contributed by atoms with E-state index >= 15 is 0 Å². The maximum Gasteiger partial charge on any atom is 0.243 e. The third kappa shape index (κ3) is 3.08. The minimum absolute atomic E-state index is 0.314. The van der Waals surface area contributed by atoms with Crippen LogP contribution in [0.2, 0.25) is 10.0 Å². The van der Waals surface area contributed by atoms with Gasteiger partial charge in [0.2, 0.25) is 11.8 Å². The molecule has 2 rings (SSSR count). The van der Waals surface area contributed by atoms with Crippen molar-refractivity contribution in [1.82, 2.24) is 9.97 Å². The Morgan fingerprint density at radius 2 is 1.79 bits per heavy atom. The SMILES string of the molecule is CNc1ncc(Cl)c(Oc2c(C)cc(Cl)cc2C)n1. The molecule has 1 N–H and O–H groups in total. The molecule has 0 radical (unpaired) electrons. The van der Waals surface area contributed by atoms with E-state index in [1.54, 1.807) is 7.05 Å². The van der Waals surface area contributed by atoms with E-state index in [-0.39, 0.29) is 0 Å². The Kier molecular flexibility index (Phi) is 4.12. The number of aryl methyl sites for hydroxylation is 2. The number of aromatic nitrogens is 2.